The van der Waals surface area contributed by atoms with Crippen LogP contribution in [0.25, 0.3) is 10.8 Å². The number of nitrogens with one attached hydrogen (secondary N) is 1. The number of nitrogens with zero attached hydrogens (tertiary/aromatic N) is 1. The number of carbonyl (C=O) groups excluding carboxylic acids is 1. The molecule has 3 aromatic rings. The van der Waals surface area contributed by atoms with Crippen molar-refractivity contribution >= 4 is 73.7 Å². The van der Waals surface area contributed by atoms with E-state index in [1.165, 1.54) is 12.1 Å². The van der Waals surface area contributed by atoms with Crippen LogP contribution < -0.4 is 5.32 Å². The van der Waals surface area contributed by atoms with Gasteiger partial charge in [0, 0.05) is 12.1 Å². The zero-order valence-corrected chi connectivity index (χ0v) is 15.2. The fourth-order valence-electron chi connectivity index (χ4n) is 2.74. The van der Waals surface area contributed by atoms with Crippen LogP contribution in [0.4, 0.5) is 11.4 Å². The Morgan fingerprint density at radius 2 is 1.57 bits per heavy atom. The second-order valence-corrected chi connectivity index (χ2v) is 7.31. The van der Waals surface area contributed by atoms with Gasteiger partial charge >= 0.3 is 35.5 Å². The summed E-state index contributed by atoms with van der Waals surface area (Å²) in [5, 5.41) is 23.8. The van der Waals surface area contributed by atoms with Gasteiger partial charge in [0.1, 0.15) is 4.90 Å². The Labute approximate surface area is 191 Å². The van der Waals surface area contributed by atoms with Crippen molar-refractivity contribution in [3.63, 3.8) is 0 Å². The monoisotopic (exact) mass is 440 g/mol. The van der Waals surface area contributed by atoms with Crippen molar-refractivity contribution in [2.75, 3.05) is 5.32 Å². The van der Waals surface area contributed by atoms with Crippen LogP contribution in [0, 0.1) is 10.1 Å². The number of benzene rings is 3. The van der Waals surface area contributed by atoms with E-state index in [-0.39, 0.29) is 40.8 Å². The van der Waals surface area contributed by atoms with Crippen LogP contribution in [0.2, 0.25) is 0 Å². The van der Waals surface area contributed by atoms with Crippen molar-refractivity contribution in [2.45, 2.75) is 4.90 Å². The van der Waals surface area contributed by atoms with Crippen molar-refractivity contribution in [1.82, 2.24) is 0 Å². The molecule has 0 aliphatic heterocycles. The van der Waals surface area contributed by atoms with Crippen LogP contribution in [0.3, 0.4) is 0 Å². The van der Waals surface area contributed by atoms with Crippen molar-refractivity contribution in [2.24, 2.45) is 0 Å². The molecule has 150 valence electrons. The summed E-state index contributed by atoms with van der Waals surface area (Å²) in [6.07, 6.45) is 0. The summed E-state index contributed by atoms with van der Waals surface area (Å²) in [5.41, 5.74) is -1.58. The van der Waals surface area contributed by atoms with E-state index >= 15 is 0 Å². The van der Waals surface area contributed by atoms with Gasteiger partial charge in [-0.3, -0.25) is 19.5 Å². The molecule has 0 aliphatic rings. The molecule has 0 fully saturated rings. The van der Waals surface area contributed by atoms with Crippen molar-refractivity contribution in [3.8, 4) is 0 Å². The minimum absolute atomic E-state index is 0. The Hall–Kier alpha value is -2.83. The predicted octanol–water partition coefficient (Wildman–Crippen LogP) is 2.30. The predicted molar refractivity (Wildman–Crippen MR) is 109 cm³/mol. The molecule has 0 aromatic heterocycles. The van der Waals surface area contributed by atoms with Gasteiger partial charge < -0.3 is 10.4 Å². The van der Waals surface area contributed by atoms with Crippen molar-refractivity contribution in [1.29, 1.82) is 0 Å². The quantitative estimate of drug-likeness (QED) is 0.235. The molecule has 0 bridgehead atoms. The van der Waals surface area contributed by atoms with Gasteiger partial charge in [0.2, 0.25) is 0 Å². The average Bonchev–Trinajstić information content (AvgIpc) is 2.66. The van der Waals surface area contributed by atoms with Gasteiger partial charge in [-0.15, -0.1) is 0 Å². The van der Waals surface area contributed by atoms with Gasteiger partial charge in [0.05, 0.1) is 21.7 Å². The fourth-order valence-corrected chi connectivity index (χ4v) is 3.44. The van der Waals surface area contributed by atoms with Gasteiger partial charge in [-0.1, -0.05) is 24.3 Å². The van der Waals surface area contributed by atoms with Gasteiger partial charge in [0.15, 0.2) is 0 Å². The molecule has 0 spiro atoms. The number of carboxylic acids is 1. The Morgan fingerprint density at radius 3 is 2.10 bits per heavy atom. The third kappa shape index (κ3) is 4.83. The van der Waals surface area contributed by atoms with E-state index in [4.69, 9.17) is 0 Å². The van der Waals surface area contributed by atoms with Crippen molar-refractivity contribution in [3.05, 3.63) is 75.8 Å². The first-order valence-corrected chi connectivity index (χ1v) is 9.35. The molecule has 0 aliphatic carbocycles. The zero-order chi connectivity index (χ0) is 21.3. The molecule has 30 heavy (non-hydrogen) atoms. The standard InChI is InChI=1S/C18H12N2O8S.Na.H/c21-17(13-6-5-12(20(24)25)9-16(13)29(26,27)28)19-15-8-11-4-2-1-3-10(11)7-14(15)18(22)23;;/h1-9H,(H,19,21)(H,22,23)(H,26,27,28);;. The van der Waals surface area contributed by atoms with E-state index < -0.39 is 43.1 Å². The summed E-state index contributed by atoms with van der Waals surface area (Å²) < 4.78 is 32.5. The third-order valence-corrected chi connectivity index (χ3v) is 4.96. The van der Waals surface area contributed by atoms with E-state index in [1.54, 1.807) is 24.3 Å². The average molecular weight is 440 g/mol. The van der Waals surface area contributed by atoms with Gasteiger partial charge in [-0.05, 0) is 29.0 Å². The second kappa shape index (κ2) is 8.90. The molecule has 10 nitrogen and oxygen atoms in total. The Morgan fingerprint density at radius 1 is 0.967 bits per heavy atom. The molecule has 0 heterocycles. The summed E-state index contributed by atoms with van der Waals surface area (Å²) >= 11 is 0. The molecule has 1 amide bonds. The van der Waals surface area contributed by atoms with E-state index in [1.807, 2.05) is 0 Å². The molecule has 12 heteroatoms. The number of hydrogen-bond acceptors (Lipinski definition) is 6. The van der Waals surface area contributed by atoms with Crippen molar-refractivity contribution < 1.29 is 32.6 Å². The molecule has 3 aromatic carbocycles. The number of non-ortho nitro benzene ring substituents is 1. The summed E-state index contributed by atoms with van der Waals surface area (Å²) in [5.74, 6) is -2.39. The topological polar surface area (TPSA) is 164 Å². The van der Waals surface area contributed by atoms with Gasteiger partial charge in [0.25, 0.3) is 21.7 Å². The molecule has 0 radical (unpaired) electrons. The first kappa shape index (κ1) is 23.4. The fraction of sp³-hybridized carbons (Fsp3) is 0. The summed E-state index contributed by atoms with van der Waals surface area (Å²) in [6, 6.07) is 11.8. The van der Waals surface area contributed by atoms with Crippen LogP contribution in [0.5, 0.6) is 0 Å². The molecule has 0 saturated carbocycles. The van der Waals surface area contributed by atoms with Crippen LogP contribution in [0.1, 0.15) is 20.7 Å². The third-order valence-electron chi connectivity index (χ3n) is 4.06. The van der Waals surface area contributed by atoms with Gasteiger partial charge in [-0.25, -0.2) is 4.79 Å². The second-order valence-electron chi connectivity index (χ2n) is 5.92. The van der Waals surface area contributed by atoms with Crippen LogP contribution in [0.15, 0.2) is 59.5 Å². The van der Waals surface area contributed by atoms with E-state index in [9.17, 15) is 37.8 Å². The zero-order valence-electron chi connectivity index (χ0n) is 14.4. The maximum atomic E-state index is 12.6. The number of nitro benzene ring substituents is 1. The molecule has 0 unspecified atom stereocenters. The summed E-state index contributed by atoms with van der Waals surface area (Å²) in [6.45, 7) is 0. The molecule has 3 rings (SSSR count). The first-order valence-electron chi connectivity index (χ1n) is 7.91. The van der Waals surface area contributed by atoms with E-state index in [2.05, 4.69) is 5.32 Å². The molecule has 0 saturated heterocycles. The number of carboxylic acid groups (broad SMARTS) is 1. The van der Waals surface area contributed by atoms with Crippen LogP contribution in [-0.2, 0) is 10.1 Å². The number of carbonyl (C=O) groups is 2. The number of rotatable bonds is 5. The SMILES string of the molecule is O=C(O)c1cc2ccccc2cc1NC(=O)c1ccc([N+](=O)[O-])cc1S(=O)(=O)O.[NaH]. The Kier molecular flexibility index (Phi) is 6.95. The maximum absolute atomic E-state index is 12.6. The summed E-state index contributed by atoms with van der Waals surface area (Å²) in [7, 11) is -4.97. The minimum atomic E-state index is -4.97. The van der Waals surface area contributed by atoms with Crippen LogP contribution in [-0.4, -0.2) is 64.4 Å². The number of amides is 1. The first-order chi connectivity index (χ1) is 13.6. The van der Waals surface area contributed by atoms with E-state index in [0.29, 0.717) is 16.8 Å². The molecular weight excluding hydrogens is 427 g/mol. The van der Waals surface area contributed by atoms with Gasteiger partial charge in [-0.2, -0.15) is 8.42 Å². The molecule has 3 N–H and O–H groups in total. The Balaban J connectivity index is 0.00000320. The summed E-state index contributed by atoms with van der Waals surface area (Å²) in [4.78, 5) is 33.2. The number of aromatic carboxylic acids is 1. The number of nitro groups is 1. The normalized spacial score (nSPS) is 10.8. The number of fused-ring (bicyclic) bond motifs is 1. The Bertz CT molecular complexity index is 1290. The number of anilines is 1. The molecule has 0 atom stereocenters. The molecular formula is C18H13N2NaO8S. The van der Waals surface area contributed by atoms with Crippen LogP contribution >= 0.6 is 0 Å². The van der Waals surface area contributed by atoms with E-state index in [0.717, 1.165) is 12.1 Å². The number of hydrogen-bond donors (Lipinski definition) is 3.